The molecular formula is C12H16FN3O2. The van der Waals surface area contributed by atoms with Crippen LogP contribution < -0.4 is 11.1 Å². The molecule has 6 heteroatoms. The van der Waals surface area contributed by atoms with Gasteiger partial charge in [-0.05, 0) is 18.9 Å². The summed E-state index contributed by atoms with van der Waals surface area (Å²) < 4.78 is 13.8. The standard InChI is InChI=1S/C12H16FN3O2/c13-10-7-9(16(17)18)3-4-11(10)15-12(8-14)5-1-2-6-12/h3-4,7,15H,1-2,5-6,8,14H2. The predicted molar refractivity (Wildman–Crippen MR) is 66.9 cm³/mol. The summed E-state index contributed by atoms with van der Waals surface area (Å²) >= 11 is 0. The number of halogens is 1. The Labute approximate surface area is 104 Å². The van der Waals surface area contributed by atoms with Crippen molar-refractivity contribution in [2.75, 3.05) is 11.9 Å². The van der Waals surface area contributed by atoms with Crippen LogP contribution >= 0.6 is 0 Å². The molecule has 0 amide bonds. The molecule has 18 heavy (non-hydrogen) atoms. The van der Waals surface area contributed by atoms with Crippen molar-refractivity contribution in [3.8, 4) is 0 Å². The lowest BCUT2D eigenvalue weighted by Crippen LogP contribution is -2.43. The number of nitro groups is 1. The van der Waals surface area contributed by atoms with Gasteiger partial charge in [-0.1, -0.05) is 12.8 Å². The molecule has 1 fully saturated rings. The van der Waals surface area contributed by atoms with Crippen LogP contribution in [0, 0.1) is 15.9 Å². The molecule has 0 heterocycles. The van der Waals surface area contributed by atoms with Gasteiger partial charge >= 0.3 is 0 Å². The van der Waals surface area contributed by atoms with Crippen molar-refractivity contribution >= 4 is 11.4 Å². The van der Waals surface area contributed by atoms with Crippen molar-refractivity contribution < 1.29 is 9.31 Å². The summed E-state index contributed by atoms with van der Waals surface area (Å²) in [5.74, 6) is -0.607. The first kappa shape index (κ1) is 12.8. The van der Waals surface area contributed by atoms with Crippen molar-refractivity contribution in [3.63, 3.8) is 0 Å². The van der Waals surface area contributed by atoms with Gasteiger partial charge in [-0.2, -0.15) is 0 Å². The summed E-state index contributed by atoms with van der Waals surface area (Å²) in [6, 6.07) is 3.63. The number of anilines is 1. The van der Waals surface area contributed by atoms with Crippen LogP contribution in [0.1, 0.15) is 25.7 Å². The monoisotopic (exact) mass is 253 g/mol. The summed E-state index contributed by atoms with van der Waals surface area (Å²) in [5.41, 5.74) is 5.53. The summed E-state index contributed by atoms with van der Waals surface area (Å²) in [4.78, 5) is 9.92. The van der Waals surface area contributed by atoms with E-state index in [1.165, 1.54) is 12.1 Å². The van der Waals surface area contributed by atoms with E-state index in [9.17, 15) is 14.5 Å². The molecule has 3 N–H and O–H groups in total. The number of nitro benzene ring substituents is 1. The SMILES string of the molecule is NCC1(Nc2ccc([N+](=O)[O-])cc2F)CCCC1. The first-order valence-corrected chi connectivity index (χ1v) is 5.98. The van der Waals surface area contributed by atoms with Gasteiger partial charge in [-0.15, -0.1) is 0 Å². The van der Waals surface area contributed by atoms with Gasteiger partial charge in [0.25, 0.3) is 5.69 Å². The second kappa shape index (κ2) is 4.89. The molecule has 1 aliphatic carbocycles. The van der Waals surface area contributed by atoms with Crippen molar-refractivity contribution in [2.24, 2.45) is 5.73 Å². The number of non-ortho nitro benzene ring substituents is 1. The topological polar surface area (TPSA) is 81.2 Å². The number of nitrogens with zero attached hydrogens (tertiary/aromatic N) is 1. The van der Waals surface area contributed by atoms with Crippen molar-refractivity contribution in [1.29, 1.82) is 0 Å². The molecule has 98 valence electrons. The largest absolute Gasteiger partial charge is 0.376 e. The summed E-state index contributed by atoms with van der Waals surface area (Å²) in [5, 5.41) is 13.6. The molecule has 0 unspecified atom stereocenters. The minimum Gasteiger partial charge on any atom is -0.376 e. The van der Waals surface area contributed by atoms with Gasteiger partial charge in [0.15, 0.2) is 5.82 Å². The second-order valence-electron chi connectivity index (χ2n) is 4.74. The fraction of sp³-hybridized carbons (Fsp3) is 0.500. The second-order valence-corrected chi connectivity index (χ2v) is 4.74. The first-order chi connectivity index (χ1) is 8.56. The van der Waals surface area contributed by atoms with Gasteiger partial charge < -0.3 is 11.1 Å². The fourth-order valence-electron chi connectivity index (χ4n) is 2.44. The lowest BCUT2D eigenvalue weighted by atomic mass is 9.97. The van der Waals surface area contributed by atoms with Gasteiger partial charge in [-0.3, -0.25) is 10.1 Å². The lowest BCUT2D eigenvalue weighted by Gasteiger charge is -2.30. The maximum atomic E-state index is 13.8. The fourth-order valence-corrected chi connectivity index (χ4v) is 2.44. The van der Waals surface area contributed by atoms with Gasteiger partial charge in [0.1, 0.15) is 0 Å². The third-order valence-corrected chi connectivity index (χ3v) is 3.51. The van der Waals surface area contributed by atoms with Crippen LogP contribution in [0.5, 0.6) is 0 Å². The van der Waals surface area contributed by atoms with E-state index in [2.05, 4.69) is 5.32 Å². The molecule has 0 aliphatic heterocycles. The normalized spacial score (nSPS) is 17.7. The van der Waals surface area contributed by atoms with Gasteiger partial charge in [0.05, 0.1) is 16.7 Å². The van der Waals surface area contributed by atoms with Crippen LogP contribution in [0.15, 0.2) is 18.2 Å². The zero-order valence-electron chi connectivity index (χ0n) is 9.99. The molecule has 1 saturated carbocycles. The van der Waals surface area contributed by atoms with E-state index in [1.54, 1.807) is 0 Å². The Morgan fingerprint density at radius 1 is 1.44 bits per heavy atom. The average molecular weight is 253 g/mol. The minimum atomic E-state index is -0.610. The third kappa shape index (κ3) is 2.43. The van der Waals surface area contributed by atoms with Crippen LogP contribution in [0.3, 0.4) is 0 Å². The van der Waals surface area contributed by atoms with E-state index in [-0.39, 0.29) is 16.9 Å². The third-order valence-electron chi connectivity index (χ3n) is 3.51. The Hall–Kier alpha value is -1.69. The zero-order chi connectivity index (χ0) is 13.2. The molecule has 0 saturated heterocycles. The van der Waals surface area contributed by atoms with Gasteiger partial charge in [-0.25, -0.2) is 4.39 Å². The molecule has 0 bridgehead atoms. The first-order valence-electron chi connectivity index (χ1n) is 5.98. The van der Waals surface area contributed by atoms with Crippen LogP contribution in [-0.2, 0) is 0 Å². The Bertz CT molecular complexity index is 459. The van der Waals surface area contributed by atoms with E-state index in [0.717, 1.165) is 31.7 Å². The molecule has 0 radical (unpaired) electrons. The molecule has 0 atom stereocenters. The van der Waals surface area contributed by atoms with Crippen molar-refractivity contribution in [2.45, 2.75) is 31.2 Å². The van der Waals surface area contributed by atoms with Crippen LogP contribution in [0.25, 0.3) is 0 Å². The molecule has 1 aromatic carbocycles. The summed E-state index contributed by atoms with van der Waals surface area (Å²) in [6.07, 6.45) is 3.94. The number of nitrogens with two attached hydrogens (primary N) is 1. The molecule has 0 spiro atoms. The number of nitrogens with one attached hydrogen (secondary N) is 1. The Morgan fingerprint density at radius 2 is 2.11 bits per heavy atom. The van der Waals surface area contributed by atoms with Gasteiger partial charge in [0, 0.05) is 18.2 Å². The molecule has 0 aromatic heterocycles. The summed E-state index contributed by atoms with van der Waals surface area (Å²) in [6.45, 7) is 0.434. The predicted octanol–water partition coefficient (Wildman–Crippen LogP) is 2.42. The van der Waals surface area contributed by atoms with E-state index >= 15 is 0 Å². The van der Waals surface area contributed by atoms with Gasteiger partial charge in [0.2, 0.25) is 0 Å². The minimum absolute atomic E-state index is 0.244. The smallest absolute Gasteiger partial charge is 0.272 e. The van der Waals surface area contributed by atoms with E-state index in [1.807, 2.05) is 0 Å². The quantitative estimate of drug-likeness (QED) is 0.637. The highest BCUT2D eigenvalue weighted by Gasteiger charge is 2.33. The highest BCUT2D eigenvalue weighted by Crippen LogP contribution is 2.33. The van der Waals surface area contributed by atoms with E-state index < -0.39 is 10.7 Å². The van der Waals surface area contributed by atoms with Crippen LogP contribution in [-0.4, -0.2) is 17.0 Å². The zero-order valence-corrected chi connectivity index (χ0v) is 9.99. The van der Waals surface area contributed by atoms with E-state index in [0.29, 0.717) is 6.54 Å². The van der Waals surface area contributed by atoms with E-state index in [4.69, 9.17) is 5.73 Å². The van der Waals surface area contributed by atoms with Crippen LogP contribution in [0.2, 0.25) is 0 Å². The number of hydrogen-bond acceptors (Lipinski definition) is 4. The number of benzene rings is 1. The number of rotatable bonds is 4. The molecule has 2 rings (SSSR count). The molecular weight excluding hydrogens is 237 g/mol. The van der Waals surface area contributed by atoms with Crippen molar-refractivity contribution in [1.82, 2.24) is 0 Å². The maximum absolute atomic E-state index is 13.8. The average Bonchev–Trinajstić information content (AvgIpc) is 2.81. The van der Waals surface area contributed by atoms with Crippen LogP contribution in [0.4, 0.5) is 15.8 Å². The van der Waals surface area contributed by atoms with Crippen molar-refractivity contribution in [3.05, 3.63) is 34.1 Å². The highest BCUT2D eigenvalue weighted by molar-refractivity contribution is 5.52. The summed E-state index contributed by atoms with van der Waals surface area (Å²) in [7, 11) is 0. The Morgan fingerprint density at radius 3 is 2.61 bits per heavy atom. The maximum Gasteiger partial charge on any atom is 0.272 e. The highest BCUT2D eigenvalue weighted by atomic mass is 19.1. The molecule has 1 aliphatic rings. The molecule has 1 aromatic rings. The Kier molecular flexibility index (Phi) is 3.47. The Balaban J connectivity index is 2.21. The lowest BCUT2D eigenvalue weighted by molar-refractivity contribution is -0.385. The molecule has 5 nitrogen and oxygen atoms in total. The number of hydrogen-bond donors (Lipinski definition) is 2.